The van der Waals surface area contributed by atoms with Gasteiger partial charge in [-0.25, -0.2) is 9.48 Å². The predicted octanol–water partition coefficient (Wildman–Crippen LogP) is 2.19. The van der Waals surface area contributed by atoms with Gasteiger partial charge in [0.2, 0.25) is 0 Å². The van der Waals surface area contributed by atoms with Crippen LogP contribution in [0.4, 0.5) is 5.82 Å². The average Bonchev–Trinajstić information content (AvgIpc) is 3.41. The van der Waals surface area contributed by atoms with Gasteiger partial charge < -0.3 is 11.1 Å². The summed E-state index contributed by atoms with van der Waals surface area (Å²) < 4.78 is 3.10. The number of nitrogens with two attached hydrogens (primary N) is 1. The van der Waals surface area contributed by atoms with Crippen molar-refractivity contribution >= 4 is 22.5 Å². The minimum absolute atomic E-state index is 0.0266. The maximum Gasteiger partial charge on any atom is 0.345 e. The standard InChI is InChI=1S/C25H27N7O2/c1-31-25(34)32(13-18-11-27-12-20(18)22(33)15-4-5-15)24(30-31)16-6-2-14(3-7-16)17-8-9-19-21(10-17)28-29-23(19)26/h2-3,6-10,15,18,20,27H,4-5,11-13H2,1H3,(H3,26,28,29)/t18-,20?/m1/s1. The molecule has 1 saturated heterocycles. The molecular weight excluding hydrogens is 430 g/mol. The first-order valence-electron chi connectivity index (χ1n) is 11.7. The normalized spacial score (nSPS) is 20.3. The lowest BCUT2D eigenvalue weighted by Gasteiger charge is -2.18. The Morgan fingerprint density at radius 2 is 1.82 bits per heavy atom. The lowest BCUT2D eigenvalue weighted by atomic mass is 9.89. The van der Waals surface area contributed by atoms with E-state index in [-0.39, 0.29) is 23.4 Å². The second-order valence-corrected chi connectivity index (χ2v) is 9.49. The van der Waals surface area contributed by atoms with E-state index in [9.17, 15) is 9.59 Å². The molecule has 2 fully saturated rings. The molecule has 6 rings (SSSR count). The Morgan fingerprint density at radius 1 is 1.09 bits per heavy atom. The first kappa shape index (κ1) is 20.9. The summed E-state index contributed by atoms with van der Waals surface area (Å²) in [5.41, 5.74) is 9.55. The molecule has 2 aromatic carbocycles. The molecule has 1 aliphatic carbocycles. The van der Waals surface area contributed by atoms with Crippen molar-refractivity contribution in [2.24, 2.45) is 24.8 Å². The molecule has 0 bridgehead atoms. The van der Waals surface area contributed by atoms with E-state index < -0.39 is 0 Å². The van der Waals surface area contributed by atoms with Gasteiger partial charge in [0.05, 0.1) is 5.52 Å². The van der Waals surface area contributed by atoms with E-state index in [0.29, 0.717) is 30.5 Å². The highest BCUT2D eigenvalue weighted by Gasteiger charge is 2.41. The number of benzene rings is 2. The molecule has 0 radical (unpaired) electrons. The molecule has 1 saturated carbocycles. The zero-order valence-electron chi connectivity index (χ0n) is 19.0. The highest BCUT2D eigenvalue weighted by atomic mass is 16.2. The number of aromatic amines is 1. The van der Waals surface area contributed by atoms with Crippen LogP contribution in [0.5, 0.6) is 0 Å². The van der Waals surface area contributed by atoms with Crippen LogP contribution < -0.4 is 16.7 Å². The number of anilines is 1. The molecule has 2 atom stereocenters. The van der Waals surface area contributed by atoms with Gasteiger partial charge in [-0.3, -0.25) is 14.5 Å². The van der Waals surface area contributed by atoms with Gasteiger partial charge in [0.15, 0.2) is 11.6 Å². The first-order valence-corrected chi connectivity index (χ1v) is 11.7. The molecule has 2 aromatic heterocycles. The third kappa shape index (κ3) is 3.52. The van der Waals surface area contributed by atoms with E-state index in [2.05, 4.69) is 20.6 Å². The monoisotopic (exact) mass is 457 g/mol. The summed E-state index contributed by atoms with van der Waals surface area (Å²) in [5, 5.41) is 15.8. The highest BCUT2D eigenvalue weighted by Crippen LogP contribution is 2.36. The number of ketones is 1. The van der Waals surface area contributed by atoms with E-state index in [1.807, 2.05) is 42.5 Å². The Hall–Kier alpha value is -3.72. The number of fused-ring (bicyclic) bond motifs is 1. The fourth-order valence-corrected chi connectivity index (χ4v) is 5.08. The molecule has 1 unspecified atom stereocenters. The molecule has 4 aromatic rings. The van der Waals surface area contributed by atoms with Crippen LogP contribution in [-0.2, 0) is 18.4 Å². The summed E-state index contributed by atoms with van der Waals surface area (Å²) in [7, 11) is 1.67. The number of nitrogens with one attached hydrogen (secondary N) is 2. The molecule has 34 heavy (non-hydrogen) atoms. The third-order valence-electron chi connectivity index (χ3n) is 7.18. The van der Waals surface area contributed by atoms with Crippen LogP contribution >= 0.6 is 0 Å². The highest BCUT2D eigenvalue weighted by molar-refractivity contribution is 5.91. The van der Waals surface area contributed by atoms with Crippen LogP contribution in [0.15, 0.2) is 47.3 Å². The molecule has 174 valence electrons. The Morgan fingerprint density at radius 3 is 2.59 bits per heavy atom. The van der Waals surface area contributed by atoms with Gasteiger partial charge in [-0.15, -0.1) is 5.10 Å². The number of rotatable bonds is 6. The van der Waals surface area contributed by atoms with Crippen LogP contribution in [0.1, 0.15) is 12.8 Å². The molecular formula is C25H27N7O2. The predicted molar refractivity (Wildman–Crippen MR) is 130 cm³/mol. The molecule has 0 spiro atoms. The van der Waals surface area contributed by atoms with Gasteiger partial charge >= 0.3 is 5.69 Å². The number of carbonyl (C=O) groups excluding carboxylic acids is 1. The second kappa shape index (κ2) is 7.95. The van der Waals surface area contributed by atoms with Crippen LogP contribution in [0, 0.1) is 17.8 Å². The number of nitrogen functional groups attached to an aromatic ring is 1. The number of hydrogen-bond acceptors (Lipinski definition) is 6. The Bertz CT molecular complexity index is 1440. The quantitative estimate of drug-likeness (QED) is 0.408. The zero-order valence-corrected chi connectivity index (χ0v) is 19.0. The third-order valence-corrected chi connectivity index (χ3v) is 7.18. The summed E-state index contributed by atoms with van der Waals surface area (Å²) in [6.07, 6.45) is 2.01. The SMILES string of the molecule is Cn1nc(-c2ccc(-c3ccc4c(N)n[nH]c4c3)cc2)n(C[C@H]2CNCC2C(=O)C2CC2)c1=O. The van der Waals surface area contributed by atoms with Crippen molar-refractivity contribution in [2.45, 2.75) is 19.4 Å². The van der Waals surface area contributed by atoms with E-state index >= 15 is 0 Å². The van der Waals surface area contributed by atoms with Crippen molar-refractivity contribution in [1.29, 1.82) is 0 Å². The summed E-state index contributed by atoms with van der Waals surface area (Å²) >= 11 is 0. The Kier molecular flexibility index (Phi) is 4.88. The molecule has 9 nitrogen and oxygen atoms in total. The van der Waals surface area contributed by atoms with E-state index in [4.69, 9.17) is 5.73 Å². The number of hydrogen-bond donors (Lipinski definition) is 3. The summed E-state index contributed by atoms with van der Waals surface area (Å²) in [5.74, 6) is 1.77. The topological polar surface area (TPSA) is 124 Å². The van der Waals surface area contributed by atoms with E-state index in [1.165, 1.54) is 4.68 Å². The van der Waals surface area contributed by atoms with Gasteiger partial charge in [-0.05, 0) is 36.1 Å². The minimum Gasteiger partial charge on any atom is -0.382 e. The van der Waals surface area contributed by atoms with Gasteiger partial charge in [0.1, 0.15) is 5.78 Å². The fourth-order valence-electron chi connectivity index (χ4n) is 5.08. The number of aromatic nitrogens is 5. The maximum absolute atomic E-state index is 12.9. The van der Waals surface area contributed by atoms with Crippen LogP contribution in [-0.4, -0.2) is 43.4 Å². The maximum atomic E-state index is 12.9. The fraction of sp³-hybridized carbons (Fsp3) is 0.360. The Balaban J connectivity index is 1.29. The van der Waals surface area contributed by atoms with Crippen molar-refractivity contribution in [3.05, 3.63) is 52.9 Å². The zero-order chi connectivity index (χ0) is 23.4. The number of nitrogens with zero attached hydrogens (tertiary/aromatic N) is 4. The molecule has 2 aliphatic rings. The number of Topliss-reactive ketones (excluding diaryl/α,β-unsaturated/α-hetero) is 1. The van der Waals surface area contributed by atoms with E-state index in [1.54, 1.807) is 11.6 Å². The first-order chi connectivity index (χ1) is 16.5. The average molecular weight is 458 g/mol. The molecule has 9 heteroatoms. The lowest BCUT2D eigenvalue weighted by molar-refractivity contribution is -0.124. The summed E-state index contributed by atoms with van der Waals surface area (Å²) in [4.78, 5) is 25.7. The lowest BCUT2D eigenvalue weighted by Crippen LogP contribution is -2.32. The minimum atomic E-state index is -0.161. The molecule has 0 amide bonds. The van der Waals surface area contributed by atoms with Crippen LogP contribution in [0.2, 0.25) is 0 Å². The summed E-state index contributed by atoms with van der Waals surface area (Å²) in [6.45, 7) is 1.92. The van der Waals surface area contributed by atoms with Crippen molar-refractivity contribution in [3.8, 4) is 22.5 Å². The molecule has 1 aliphatic heterocycles. The molecule has 3 heterocycles. The summed E-state index contributed by atoms with van der Waals surface area (Å²) in [6, 6.07) is 14.0. The smallest absolute Gasteiger partial charge is 0.345 e. The number of aryl methyl sites for hydroxylation is 1. The van der Waals surface area contributed by atoms with Gasteiger partial charge in [0.25, 0.3) is 0 Å². The van der Waals surface area contributed by atoms with Crippen LogP contribution in [0.3, 0.4) is 0 Å². The van der Waals surface area contributed by atoms with Gasteiger partial charge in [-0.1, -0.05) is 30.3 Å². The van der Waals surface area contributed by atoms with Crippen molar-refractivity contribution in [2.75, 3.05) is 18.8 Å². The number of H-pyrrole nitrogens is 1. The Labute approximate surface area is 196 Å². The molecule has 4 N–H and O–H groups in total. The second-order valence-electron chi connectivity index (χ2n) is 9.49. The number of carbonyl (C=O) groups is 1. The van der Waals surface area contributed by atoms with Gasteiger partial charge in [-0.2, -0.15) is 5.10 Å². The van der Waals surface area contributed by atoms with Crippen LogP contribution in [0.25, 0.3) is 33.4 Å². The van der Waals surface area contributed by atoms with E-state index in [0.717, 1.165) is 47.0 Å². The largest absolute Gasteiger partial charge is 0.382 e. The van der Waals surface area contributed by atoms with Gasteiger partial charge in [0, 0.05) is 55.4 Å². The van der Waals surface area contributed by atoms with Crippen molar-refractivity contribution < 1.29 is 4.79 Å². The van der Waals surface area contributed by atoms with Crippen molar-refractivity contribution in [1.82, 2.24) is 29.9 Å². The van der Waals surface area contributed by atoms with Crippen molar-refractivity contribution in [3.63, 3.8) is 0 Å².